The van der Waals surface area contributed by atoms with Crippen molar-refractivity contribution in [2.24, 2.45) is 12.0 Å². The molecule has 0 aliphatic carbocycles. The lowest BCUT2D eigenvalue weighted by Gasteiger charge is -2.20. The number of halogens is 1. The largest absolute Gasteiger partial charge is 0.496 e. The van der Waals surface area contributed by atoms with Crippen molar-refractivity contribution in [3.63, 3.8) is 0 Å². The maximum absolute atomic E-state index is 10.7. The molecule has 0 amide bonds. The summed E-state index contributed by atoms with van der Waals surface area (Å²) < 4.78 is 7.05. The lowest BCUT2D eigenvalue weighted by molar-refractivity contribution is 0.0672. The lowest BCUT2D eigenvalue weighted by Crippen LogP contribution is -2.39. The topological polar surface area (TPSA) is 83.7 Å². The molecule has 3 N–H and O–H groups in total. The van der Waals surface area contributed by atoms with Gasteiger partial charge in [-0.1, -0.05) is 12.1 Å². The molecule has 1 aromatic heterocycles. The maximum Gasteiger partial charge on any atom is 0.191 e. The Morgan fingerprint density at radius 3 is 2.71 bits per heavy atom. The molecule has 28 heavy (non-hydrogen) atoms. The fourth-order valence-electron chi connectivity index (χ4n) is 2.71. The molecule has 2 rings (SSSR count). The number of rotatable bonds is 8. The van der Waals surface area contributed by atoms with E-state index >= 15 is 0 Å². The van der Waals surface area contributed by atoms with Crippen LogP contribution in [0.1, 0.15) is 30.5 Å². The Morgan fingerprint density at radius 1 is 1.36 bits per heavy atom. The molecule has 0 bridgehead atoms. The maximum atomic E-state index is 10.7. The highest BCUT2D eigenvalue weighted by atomic mass is 127. The Kier molecular flexibility index (Phi) is 9.74. The SMILES string of the molecule is CCNC(=NCC(C)(O)c1cnn(C)c1)NCCc1ccc(C)c(OC)c1.I. The van der Waals surface area contributed by atoms with Crippen molar-refractivity contribution in [1.82, 2.24) is 20.4 Å². The quantitative estimate of drug-likeness (QED) is 0.294. The van der Waals surface area contributed by atoms with Crippen molar-refractivity contribution in [3.8, 4) is 5.75 Å². The molecular formula is C20H32IN5O2. The van der Waals surface area contributed by atoms with Crippen molar-refractivity contribution < 1.29 is 9.84 Å². The van der Waals surface area contributed by atoms with Gasteiger partial charge in [-0.15, -0.1) is 24.0 Å². The van der Waals surface area contributed by atoms with Gasteiger partial charge in [0.1, 0.15) is 11.4 Å². The van der Waals surface area contributed by atoms with Crippen molar-refractivity contribution >= 4 is 29.9 Å². The summed E-state index contributed by atoms with van der Waals surface area (Å²) in [5.74, 6) is 1.58. The molecule has 8 heteroatoms. The molecular weight excluding hydrogens is 469 g/mol. The van der Waals surface area contributed by atoms with E-state index in [0.717, 1.165) is 36.4 Å². The minimum Gasteiger partial charge on any atom is -0.496 e. The van der Waals surface area contributed by atoms with Gasteiger partial charge in [0, 0.05) is 31.9 Å². The first kappa shape index (κ1) is 24.2. The van der Waals surface area contributed by atoms with E-state index in [1.807, 2.05) is 20.9 Å². The van der Waals surface area contributed by atoms with Crippen LogP contribution in [0, 0.1) is 6.92 Å². The van der Waals surface area contributed by atoms with Gasteiger partial charge in [-0.05, 0) is 44.4 Å². The van der Waals surface area contributed by atoms with Gasteiger partial charge < -0.3 is 20.5 Å². The summed E-state index contributed by atoms with van der Waals surface area (Å²) in [6.07, 6.45) is 4.32. The first-order chi connectivity index (χ1) is 12.9. The van der Waals surface area contributed by atoms with Gasteiger partial charge >= 0.3 is 0 Å². The molecule has 1 heterocycles. The van der Waals surface area contributed by atoms with Crippen LogP contribution in [0.4, 0.5) is 0 Å². The number of hydrogen-bond acceptors (Lipinski definition) is 4. The molecule has 7 nitrogen and oxygen atoms in total. The van der Waals surface area contributed by atoms with Crippen LogP contribution >= 0.6 is 24.0 Å². The monoisotopic (exact) mass is 501 g/mol. The number of hydrogen-bond donors (Lipinski definition) is 3. The average Bonchev–Trinajstić information content (AvgIpc) is 3.08. The van der Waals surface area contributed by atoms with E-state index < -0.39 is 5.60 Å². The van der Waals surface area contributed by atoms with Crippen LogP contribution in [-0.2, 0) is 19.1 Å². The third-order valence-electron chi connectivity index (χ3n) is 4.39. The van der Waals surface area contributed by atoms with Gasteiger partial charge in [0.05, 0.1) is 19.9 Å². The van der Waals surface area contributed by atoms with Crippen LogP contribution in [0.5, 0.6) is 5.75 Å². The molecule has 0 saturated heterocycles. The van der Waals surface area contributed by atoms with E-state index in [4.69, 9.17) is 4.74 Å². The van der Waals surface area contributed by atoms with E-state index in [-0.39, 0.29) is 30.5 Å². The number of guanidine groups is 1. The summed E-state index contributed by atoms with van der Waals surface area (Å²) in [4.78, 5) is 4.53. The molecule has 1 atom stereocenters. The molecule has 2 aromatic rings. The van der Waals surface area contributed by atoms with E-state index in [1.54, 1.807) is 31.1 Å². The zero-order chi connectivity index (χ0) is 19.9. The molecule has 1 unspecified atom stereocenters. The molecule has 0 fully saturated rings. The standard InChI is InChI=1S/C20H31N5O2.HI/c1-6-21-19(23-14-20(3,26)17-12-24-25(4)13-17)22-10-9-16-8-7-15(2)18(11-16)27-5;/h7-8,11-13,26H,6,9-10,14H2,1-5H3,(H2,21,22,23);1H. The number of aliphatic imine (C=N–C) groups is 1. The smallest absolute Gasteiger partial charge is 0.191 e. The molecule has 156 valence electrons. The Bertz CT molecular complexity index is 774. The zero-order valence-corrected chi connectivity index (χ0v) is 19.7. The number of aliphatic hydroxyl groups is 1. The second-order valence-corrected chi connectivity index (χ2v) is 6.85. The highest BCUT2D eigenvalue weighted by Crippen LogP contribution is 2.20. The number of methoxy groups -OCH3 is 1. The van der Waals surface area contributed by atoms with Crippen LogP contribution in [0.3, 0.4) is 0 Å². The normalized spacial score (nSPS) is 13.4. The summed E-state index contributed by atoms with van der Waals surface area (Å²) in [7, 11) is 3.52. The van der Waals surface area contributed by atoms with Gasteiger partial charge in [-0.3, -0.25) is 4.68 Å². The predicted molar refractivity (Wildman–Crippen MR) is 124 cm³/mol. The molecule has 0 spiro atoms. The molecule has 0 saturated carbocycles. The summed E-state index contributed by atoms with van der Waals surface area (Å²) in [5.41, 5.74) is 2.00. The fraction of sp³-hybridized carbons (Fsp3) is 0.500. The highest BCUT2D eigenvalue weighted by Gasteiger charge is 2.24. The van der Waals surface area contributed by atoms with E-state index in [9.17, 15) is 5.11 Å². The summed E-state index contributed by atoms with van der Waals surface area (Å²) in [5, 5.41) is 21.3. The number of nitrogens with zero attached hydrogens (tertiary/aromatic N) is 3. The summed E-state index contributed by atoms with van der Waals surface area (Å²) >= 11 is 0. The van der Waals surface area contributed by atoms with Crippen LogP contribution < -0.4 is 15.4 Å². The molecule has 0 radical (unpaired) electrons. The Hall–Kier alpha value is -1.81. The van der Waals surface area contributed by atoms with Gasteiger partial charge in [-0.2, -0.15) is 5.10 Å². The van der Waals surface area contributed by atoms with Crippen molar-refractivity contribution in [1.29, 1.82) is 0 Å². The number of benzene rings is 1. The minimum absolute atomic E-state index is 0. The Balaban J connectivity index is 0.00000392. The van der Waals surface area contributed by atoms with Gasteiger partial charge in [0.15, 0.2) is 5.96 Å². The third-order valence-corrected chi connectivity index (χ3v) is 4.39. The average molecular weight is 501 g/mol. The van der Waals surface area contributed by atoms with Gasteiger partial charge in [0.25, 0.3) is 0 Å². The van der Waals surface area contributed by atoms with Crippen LogP contribution in [0.15, 0.2) is 35.6 Å². The van der Waals surface area contributed by atoms with Gasteiger partial charge in [0.2, 0.25) is 0 Å². The predicted octanol–water partition coefficient (Wildman–Crippen LogP) is 2.36. The number of aromatic nitrogens is 2. The number of aryl methyl sites for hydroxylation is 2. The molecule has 0 aliphatic rings. The van der Waals surface area contributed by atoms with Crippen molar-refractivity contribution in [3.05, 3.63) is 47.3 Å². The Morgan fingerprint density at radius 2 is 2.11 bits per heavy atom. The second kappa shape index (κ2) is 11.3. The van der Waals surface area contributed by atoms with Crippen LogP contribution in [-0.4, -0.2) is 47.6 Å². The Labute approximate surface area is 184 Å². The zero-order valence-electron chi connectivity index (χ0n) is 17.3. The highest BCUT2D eigenvalue weighted by molar-refractivity contribution is 14.0. The third kappa shape index (κ3) is 6.97. The fourth-order valence-corrected chi connectivity index (χ4v) is 2.71. The van der Waals surface area contributed by atoms with Crippen molar-refractivity contribution in [2.75, 3.05) is 26.7 Å². The molecule has 0 aliphatic heterocycles. The summed E-state index contributed by atoms with van der Waals surface area (Å²) in [6.45, 7) is 7.51. The number of nitrogens with one attached hydrogen (secondary N) is 2. The number of ether oxygens (including phenoxy) is 1. The van der Waals surface area contributed by atoms with Crippen LogP contribution in [0.25, 0.3) is 0 Å². The van der Waals surface area contributed by atoms with Crippen LogP contribution in [0.2, 0.25) is 0 Å². The van der Waals surface area contributed by atoms with E-state index in [1.165, 1.54) is 5.56 Å². The van der Waals surface area contributed by atoms with E-state index in [0.29, 0.717) is 5.96 Å². The van der Waals surface area contributed by atoms with E-state index in [2.05, 4.69) is 38.9 Å². The van der Waals surface area contributed by atoms with Gasteiger partial charge in [-0.25, -0.2) is 4.99 Å². The first-order valence-electron chi connectivity index (χ1n) is 9.23. The lowest BCUT2D eigenvalue weighted by atomic mass is 10.0. The first-order valence-corrected chi connectivity index (χ1v) is 9.23. The molecule has 1 aromatic carbocycles. The van der Waals surface area contributed by atoms with Crippen molar-refractivity contribution in [2.45, 2.75) is 32.8 Å². The summed E-state index contributed by atoms with van der Waals surface area (Å²) in [6, 6.07) is 6.24. The second-order valence-electron chi connectivity index (χ2n) is 6.85. The minimum atomic E-state index is -1.07.